The van der Waals surface area contributed by atoms with Crippen LogP contribution >= 0.6 is 11.3 Å². The van der Waals surface area contributed by atoms with Gasteiger partial charge in [-0.25, -0.2) is 0 Å². The van der Waals surface area contributed by atoms with E-state index in [0.717, 1.165) is 0 Å². The van der Waals surface area contributed by atoms with Crippen molar-refractivity contribution < 1.29 is 66.1 Å². The molecule has 0 aliphatic carbocycles. The summed E-state index contributed by atoms with van der Waals surface area (Å²) in [6, 6.07) is 8.40. The predicted molar refractivity (Wildman–Crippen MR) is 66.3 cm³/mol. The Labute approximate surface area is 157 Å². The van der Waals surface area contributed by atoms with E-state index in [1.54, 1.807) is 42.9 Å². The Bertz CT molecular complexity index is 503. The average Bonchev–Trinajstić information content (AvgIpc) is 2.94. The molecule has 0 aliphatic heterocycles. The number of carbonyl (C=O) groups is 2. The van der Waals surface area contributed by atoms with Gasteiger partial charge in [0.15, 0.2) is 0 Å². The number of aromatic carboxylic acids is 1. The molecule has 0 saturated carbocycles. The number of carboxylic acid groups (broad SMARTS) is 1. The third-order valence-corrected chi connectivity index (χ3v) is 2.70. The summed E-state index contributed by atoms with van der Waals surface area (Å²) in [5, 5.41) is 14.1. The summed E-state index contributed by atoms with van der Waals surface area (Å²) in [4.78, 5) is 24.9. The van der Waals surface area contributed by atoms with E-state index in [4.69, 9.17) is 0 Å². The van der Waals surface area contributed by atoms with Crippen molar-refractivity contribution in [3.05, 3.63) is 52.5 Å². The van der Waals surface area contributed by atoms with Crippen LogP contribution in [0.3, 0.4) is 0 Å². The van der Waals surface area contributed by atoms with Crippen LogP contribution in [0.5, 0.6) is 0 Å². The molecule has 1 N–H and O–H groups in total. The van der Waals surface area contributed by atoms with Gasteiger partial charge < -0.3 is 15.2 Å². The first-order chi connectivity index (χ1) is 8.65. The van der Waals surface area contributed by atoms with Gasteiger partial charge in [0.05, 0.1) is 5.97 Å². The maximum absolute atomic E-state index is 10.8. The summed E-state index contributed by atoms with van der Waals surface area (Å²) in [6.07, 6.45) is 1.59. The maximum Gasteiger partial charge on any atom is 1.00 e. The summed E-state index contributed by atoms with van der Waals surface area (Å²) in [7, 11) is 1.58. The van der Waals surface area contributed by atoms with Crippen molar-refractivity contribution in [2.45, 2.75) is 0 Å². The molecular formula is C12H11KN2O3S. The van der Waals surface area contributed by atoms with Crippen molar-refractivity contribution in [2.75, 3.05) is 7.05 Å². The van der Waals surface area contributed by atoms with Gasteiger partial charge in [-0.2, -0.15) is 0 Å². The van der Waals surface area contributed by atoms with E-state index < -0.39 is 5.97 Å². The van der Waals surface area contributed by atoms with Crippen molar-refractivity contribution in [1.82, 2.24) is 10.3 Å². The normalized spacial score (nSPS) is 8.47. The minimum Gasteiger partial charge on any atom is -0.544 e. The Morgan fingerprint density at radius 2 is 2.00 bits per heavy atom. The molecule has 0 aliphatic rings. The number of carboxylic acids is 1. The molecule has 2 heterocycles. The third kappa shape index (κ3) is 6.95. The second-order valence-corrected chi connectivity index (χ2v) is 4.01. The SMILES string of the molecule is CNC(=O)c1ccccn1.O=C([O-])c1cccs1.[K+]. The van der Waals surface area contributed by atoms with Crippen molar-refractivity contribution >= 4 is 23.2 Å². The zero-order valence-corrected chi connectivity index (χ0v) is 14.6. The number of rotatable bonds is 2. The molecule has 2 aromatic rings. The molecule has 2 aromatic heterocycles. The van der Waals surface area contributed by atoms with Crippen LogP contribution in [0.2, 0.25) is 0 Å². The number of thiophene rings is 1. The zero-order chi connectivity index (χ0) is 13.4. The van der Waals surface area contributed by atoms with Gasteiger partial charge in [0.1, 0.15) is 5.69 Å². The number of carbonyl (C=O) groups excluding carboxylic acids is 2. The van der Waals surface area contributed by atoms with Crippen molar-refractivity contribution in [2.24, 2.45) is 0 Å². The van der Waals surface area contributed by atoms with E-state index in [2.05, 4.69) is 10.3 Å². The Hall–Kier alpha value is -0.574. The molecule has 0 radical (unpaired) electrons. The Morgan fingerprint density at radius 3 is 2.37 bits per heavy atom. The van der Waals surface area contributed by atoms with Crippen LogP contribution in [0.4, 0.5) is 0 Å². The van der Waals surface area contributed by atoms with Gasteiger partial charge in [-0.15, -0.1) is 11.3 Å². The number of hydrogen-bond donors (Lipinski definition) is 1. The molecule has 2 rings (SSSR count). The second kappa shape index (κ2) is 10.2. The number of nitrogens with one attached hydrogen (secondary N) is 1. The van der Waals surface area contributed by atoms with Crippen LogP contribution in [0, 0.1) is 0 Å². The number of aromatic nitrogens is 1. The van der Waals surface area contributed by atoms with Gasteiger partial charge in [-0.05, 0) is 23.6 Å². The number of amides is 1. The minimum absolute atomic E-state index is 0. The zero-order valence-electron chi connectivity index (χ0n) is 10.6. The molecule has 0 atom stereocenters. The van der Waals surface area contributed by atoms with E-state index in [1.807, 2.05) is 0 Å². The molecule has 0 saturated heterocycles. The second-order valence-electron chi connectivity index (χ2n) is 3.06. The van der Waals surface area contributed by atoms with Gasteiger partial charge in [-0.1, -0.05) is 12.1 Å². The summed E-state index contributed by atoms with van der Waals surface area (Å²) < 4.78 is 0. The van der Waals surface area contributed by atoms with Crippen LogP contribution in [-0.4, -0.2) is 23.9 Å². The monoisotopic (exact) mass is 302 g/mol. The average molecular weight is 302 g/mol. The first-order valence-electron chi connectivity index (χ1n) is 5.03. The topological polar surface area (TPSA) is 82.1 Å². The fourth-order valence-electron chi connectivity index (χ4n) is 1.02. The fourth-order valence-corrected chi connectivity index (χ4v) is 1.58. The van der Waals surface area contributed by atoms with Crippen LogP contribution < -0.4 is 61.8 Å². The molecule has 0 bridgehead atoms. The van der Waals surface area contributed by atoms with Crippen molar-refractivity contribution in [3.63, 3.8) is 0 Å². The maximum atomic E-state index is 10.8. The molecule has 5 nitrogen and oxygen atoms in total. The minimum atomic E-state index is -1.10. The molecule has 19 heavy (non-hydrogen) atoms. The largest absolute Gasteiger partial charge is 1.00 e. The molecule has 0 fully saturated rings. The molecule has 7 heteroatoms. The van der Waals surface area contributed by atoms with Gasteiger partial charge in [0.25, 0.3) is 5.91 Å². The first kappa shape index (κ1) is 18.4. The van der Waals surface area contributed by atoms with E-state index >= 15 is 0 Å². The van der Waals surface area contributed by atoms with Gasteiger partial charge >= 0.3 is 51.4 Å². The molecule has 0 spiro atoms. The van der Waals surface area contributed by atoms with Crippen molar-refractivity contribution in [1.29, 1.82) is 0 Å². The quantitative estimate of drug-likeness (QED) is 0.625. The van der Waals surface area contributed by atoms with Crippen molar-refractivity contribution in [3.8, 4) is 0 Å². The van der Waals surface area contributed by atoms with Gasteiger partial charge in [0.2, 0.25) is 0 Å². The Morgan fingerprint density at radius 1 is 1.26 bits per heavy atom. The van der Waals surface area contributed by atoms with Crippen LogP contribution in [0.25, 0.3) is 0 Å². The van der Waals surface area contributed by atoms with Crippen LogP contribution in [0.1, 0.15) is 20.2 Å². The number of pyridine rings is 1. The standard InChI is InChI=1S/C7H8N2O.C5H4O2S.K/c1-8-7(10)6-4-2-3-5-9-6;6-5(7)4-2-1-3-8-4;/h2-5H,1H3,(H,8,10);1-3H,(H,6,7);/q;;+1/p-1. The van der Waals surface area contributed by atoms with Gasteiger partial charge in [-0.3, -0.25) is 9.78 Å². The summed E-state index contributed by atoms with van der Waals surface area (Å²) in [5.41, 5.74) is 0.449. The number of hydrogen-bond acceptors (Lipinski definition) is 5. The molecular weight excluding hydrogens is 291 g/mol. The summed E-state index contributed by atoms with van der Waals surface area (Å²) in [6.45, 7) is 0. The van der Waals surface area contributed by atoms with E-state index in [9.17, 15) is 14.7 Å². The fraction of sp³-hybridized carbons (Fsp3) is 0.0833. The third-order valence-electron chi connectivity index (χ3n) is 1.85. The van der Waals surface area contributed by atoms with Crippen LogP contribution in [-0.2, 0) is 0 Å². The van der Waals surface area contributed by atoms with E-state index in [1.165, 1.54) is 17.4 Å². The van der Waals surface area contributed by atoms with Gasteiger partial charge in [0, 0.05) is 18.1 Å². The Balaban J connectivity index is 0.000000331. The van der Waals surface area contributed by atoms with E-state index in [0.29, 0.717) is 5.69 Å². The summed E-state index contributed by atoms with van der Waals surface area (Å²) >= 11 is 1.17. The summed E-state index contributed by atoms with van der Waals surface area (Å²) in [5.74, 6) is -1.25. The molecule has 0 aromatic carbocycles. The van der Waals surface area contributed by atoms with Crippen LogP contribution in [0.15, 0.2) is 41.9 Å². The predicted octanol–water partition coefficient (Wildman–Crippen LogP) is -2.44. The van der Waals surface area contributed by atoms with E-state index in [-0.39, 0.29) is 62.2 Å². The first-order valence-corrected chi connectivity index (χ1v) is 5.91. The number of nitrogens with zero attached hydrogens (tertiary/aromatic N) is 1. The molecule has 94 valence electrons. The molecule has 1 amide bonds. The Kier molecular flexibility index (Phi) is 9.93. The molecule has 0 unspecified atom stereocenters. The smallest absolute Gasteiger partial charge is 0.544 e.